The third-order valence-electron chi connectivity index (χ3n) is 5.53. The second kappa shape index (κ2) is 13.8. The predicted octanol–water partition coefficient (Wildman–Crippen LogP) is 3.67. The van der Waals surface area contributed by atoms with E-state index in [-0.39, 0.29) is 5.60 Å². The van der Waals surface area contributed by atoms with E-state index in [2.05, 4.69) is 37.3 Å². The van der Waals surface area contributed by atoms with Crippen LogP contribution in [0.1, 0.15) is 23.5 Å². The van der Waals surface area contributed by atoms with Gasteiger partial charge in [0, 0.05) is 50.5 Å². The van der Waals surface area contributed by atoms with Crippen LogP contribution in [0.3, 0.4) is 0 Å². The van der Waals surface area contributed by atoms with Gasteiger partial charge in [-0.3, -0.25) is 14.8 Å². The van der Waals surface area contributed by atoms with Crippen molar-refractivity contribution in [1.29, 1.82) is 0 Å². The number of hydrogen-bond donors (Lipinski definition) is 2. The zero-order valence-corrected chi connectivity index (χ0v) is 20.7. The highest BCUT2D eigenvalue weighted by atomic mass is 32.1. The third-order valence-corrected chi connectivity index (χ3v) is 6.30. The maximum absolute atomic E-state index is 10.6. The van der Waals surface area contributed by atoms with Gasteiger partial charge in [0.2, 0.25) is 0 Å². The number of pyridine rings is 1. The van der Waals surface area contributed by atoms with E-state index >= 15 is 0 Å². The molecular formula is C22H26F6N4O5S. The molecule has 2 aliphatic rings. The molecule has 0 radical (unpaired) electrons. The Bertz CT molecular complexity index is 976. The zero-order valence-electron chi connectivity index (χ0n) is 19.9. The maximum Gasteiger partial charge on any atom is 0.490 e. The lowest BCUT2D eigenvalue weighted by molar-refractivity contribution is -0.193. The molecule has 4 heterocycles. The van der Waals surface area contributed by atoms with Gasteiger partial charge in [-0.25, -0.2) is 14.6 Å². The average molecular weight is 573 g/mol. The highest BCUT2D eigenvalue weighted by Crippen LogP contribution is 2.31. The Labute approximate surface area is 217 Å². The SMILES string of the molecule is O=C(O)C(F)(F)F.O=C(O)C(F)(F)F.c1ccc(CN2CCOC3(CCN(Cc4nccs4)CC3)C2)nc1. The molecule has 38 heavy (non-hydrogen) atoms. The van der Waals surface area contributed by atoms with Crippen molar-refractivity contribution in [3.8, 4) is 0 Å². The smallest absolute Gasteiger partial charge is 0.475 e. The molecule has 0 atom stereocenters. The van der Waals surface area contributed by atoms with Crippen LogP contribution < -0.4 is 0 Å². The van der Waals surface area contributed by atoms with Crippen molar-refractivity contribution in [2.45, 2.75) is 43.9 Å². The number of morpholine rings is 1. The number of alkyl halides is 6. The van der Waals surface area contributed by atoms with Crippen molar-refractivity contribution >= 4 is 23.3 Å². The Morgan fingerprint density at radius 1 is 0.921 bits per heavy atom. The second-order valence-electron chi connectivity index (χ2n) is 8.37. The number of ether oxygens (including phenoxy) is 1. The number of thiazole rings is 1. The predicted molar refractivity (Wildman–Crippen MR) is 122 cm³/mol. The normalized spacial score (nSPS) is 18.1. The Balaban J connectivity index is 0.000000301. The van der Waals surface area contributed by atoms with Crippen LogP contribution in [-0.2, 0) is 27.4 Å². The standard InChI is InChI=1S/C18H24N4OS.2C2HF3O2/c1-2-6-19-16(3-1)13-22-10-11-23-18(15-22)4-8-21(9-5-18)14-17-20-7-12-24-17;2*3-2(4,5)1(6)7/h1-3,6-7,12H,4-5,8-11,13-15H2;2*(H,6,7). The molecule has 2 aliphatic heterocycles. The summed E-state index contributed by atoms with van der Waals surface area (Å²) in [5.74, 6) is -5.51. The number of carbonyl (C=O) groups is 2. The molecule has 2 N–H and O–H groups in total. The van der Waals surface area contributed by atoms with Crippen molar-refractivity contribution in [2.24, 2.45) is 0 Å². The van der Waals surface area contributed by atoms with Gasteiger partial charge in [0.25, 0.3) is 0 Å². The number of nitrogens with zero attached hydrogens (tertiary/aromatic N) is 4. The first-order valence-corrected chi connectivity index (χ1v) is 12.1. The molecule has 9 nitrogen and oxygen atoms in total. The van der Waals surface area contributed by atoms with E-state index < -0.39 is 24.3 Å². The van der Waals surface area contributed by atoms with E-state index in [4.69, 9.17) is 24.5 Å². The molecule has 0 aromatic carbocycles. The Morgan fingerprint density at radius 2 is 1.53 bits per heavy atom. The summed E-state index contributed by atoms with van der Waals surface area (Å²) >= 11 is 1.75. The van der Waals surface area contributed by atoms with E-state index in [0.717, 1.165) is 64.4 Å². The molecule has 212 valence electrons. The van der Waals surface area contributed by atoms with Gasteiger partial charge in [-0.05, 0) is 25.0 Å². The van der Waals surface area contributed by atoms with E-state index in [1.165, 1.54) is 5.01 Å². The van der Waals surface area contributed by atoms with Crippen molar-refractivity contribution in [3.63, 3.8) is 0 Å². The zero-order chi connectivity index (χ0) is 28.4. The number of rotatable bonds is 4. The summed E-state index contributed by atoms with van der Waals surface area (Å²) in [6.07, 6.45) is -4.18. The molecule has 0 unspecified atom stereocenters. The molecule has 2 aromatic heterocycles. The quantitative estimate of drug-likeness (QED) is 0.530. The first kappa shape index (κ1) is 31.4. The summed E-state index contributed by atoms with van der Waals surface area (Å²) < 4.78 is 69.7. The summed E-state index contributed by atoms with van der Waals surface area (Å²) in [4.78, 5) is 31.7. The van der Waals surface area contributed by atoms with E-state index in [1.54, 1.807) is 11.3 Å². The molecule has 4 rings (SSSR count). The Morgan fingerprint density at radius 3 is 2.00 bits per heavy atom. The minimum Gasteiger partial charge on any atom is -0.475 e. The average Bonchev–Trinajstić information content (AvgIpc) is 3.34. The minimum absolute atomic E-state index is 0.0341. The van der Waals surface area contributed by atoms with Crippen LogP contribution in [0, 0.1) is 0 Å². The minimum atomic E-state index is -5.08. The van der Waals surface area contributed by atoms with E-state index in [0.29, 0.717) is 0 Å². The number of aliphatic carboxylic acids is 2. The highest BCUT2D eigenvalue weighted by molar-refractivity contribution is 7.09. The third kappa shape index (κ3) is 10.9. The number of aromatic nitrogens is 2. The lowest BCUT2D eigenvalue weighted by atomic mass is 9.89. The first-order valence-electron chi connectivity index (χ1n) is 11.2. The molecule has 0 saturated carbocycles. The lowest BCUT2D eigenvalue weighted by Crippen LogP contribution is -2.56. The Kier molecular flexibility index (Phi) is 11.4. The van der Waals surface area contributed by atoms with Crippen molar-refractivity contribution in [2.75, 3.05) is 32.8 Å². The molecular weight excluding hydrogens is 546 g/mol. The van der Waals surface area contributed by atoms with E-state index in [1.807, 2.05) is 18.5 Å². The van der Waals surface area contributed by atoms with Crippen LogP contribution in [0.5, 0.6) is 0 Å². The number of carboxylic acid groups (broad SMARTS) is 2. The van der Waals surface area contributed by atoms with Crippen molar-refractivity contribution in [1.82, 2.24) is 19.8 Å². The summed E-state index contributed by atoms with van der Waals surface area (Å²) in [6.45, 7) is 6.95. The first-order chi connectivity index (χ1) is 17.7. The van der Waals surface area contributed by atoms with Gasteiger partial charge in [0.05, 0.1) is 24.4 Å². The van der Waals surface area contributed by atoms with Crippen LogP contribution in [0.15, 0.2) is 36.0 Å². The number of piperidine rings is 1. The van der Waals surface area contributed by atoms with Gasteiger partial charge in [0.15, 0.2) is 0 Å². The van der Waals surface area contributed by atoms with Gasteiger partial charge in [-0.1, -0.05) is 6.07 Å². The molecule has 2 saturated heterocycles. The van der Waals surface area contributed by atoms with Crippen molar-refractivity contribution in [3.05, 3.63) is 46.7 Å². The van der Waals surface area contributed by atoms with Crippen LogP contribution in [0.2, 0.25) is 0 Å². The number of carboxylic acids is 2. The monoisotopic (exact) mass is 572 g/mol. The number of likely N-dealkylation sites (tertiary alicyclic amines) is 1. The topological polar surface area (TPSA) is 116 Å². The summed E-state index contributed by atoms with van der Waals surface area (Å²) in [5, 5.41) is 17.5. The lowest BCUT2D eigenvalue weighted by Gasteiger charge is -2.47. The molecule has 16 heteroatoms. The van der Waals surface area contributed by atoms with Gasteiger partial charge in [0.1, 0.15) is 5.01 Å². The Hall–Kier alpha value is -2.82. The highest BCUT2D eigenvalue weighted by Gasteiger charge is 2.40. The van der Waals surface area contributed by atoms with Gasteiger partial charge in [-0.15, -0.1) is 11.3 Å². The van der Waals surface area contributed by atoms with Gasteiger partial charge in [-0.2, -0.15) is 26.3 Å². The van der Waals surface area contributed by atoms with E-state index in [9.17, 15) is 26.3 Å². The van der Waals surface area contributed by atoms with Gasteiger partial charge >= 0.3 is 24.3 Å². The van der Waals surface area contributed by atoms with Crippen LogP contribution in [-0.4, -0.2) is 92.7 Å². The van der Waals surface area contributed by atoms with Crippen LogP contribution >= 0.6 is 11.3 Å². The summed E-state index contributed by atoms with van der Waals surface area (Å²) in [6, 6.07) is 6.15. The number of hydrogen-bond acceptors (Lipinski definition) is 8. The van der Waals surface area contributed by atoms with Gasteiger partial charge < -0.3 is 14.9 Å². The molecule has 0 amide bonds. The molecule has 2 fully saturated rings. The molecule has 1 spiro atoms. The largest absolute Gasteiger partial charge is 0.490 e. The fraction of sp³-hybridized carbons (Fsp3) is 0.545. The number of halogens is 6. The van der Waals surface area contributed by atoms with Crippen LogP contribution in [0.25, 0.3) is 0 Å². The van der Waals surface area contributed by atoms with Crippen molar-refractivity contribution < 1.29 is 50.9 Å². The van der Waals surface area contributed by atoms with Crippen LogP contribution in [0.4, 0.5) is 26.3 Å². The summed E-state index contributed by atoms with van der Waals surface area (Å²) in [5.41, 5.74) is 1.18. The summed E-state index contributed by atoms with van der Waals surface area (Å²) in [7, 11) is 0. The molecule has 0 aliphatic carbocycles. The molecule has 2 aromatic rings. The second-order valence-corrected chi connectivity index (χ2v) is 9.35. The maximum atomic E-state index is 10.6. The molecule has 0 bridgehead atoms. The fourth-order valence-corrected chi connectivity index (χ4v) is 4.38. The fourth-order valence-electron chi connectivity index (χ4n) is 3.72.